The molecule has 2 aromatic carbocycles. The molecule has 2 amide bonds. The predicted octanol–water partition coefficient (Wildman–Crippen LogP) is 5.45. The van der Waals surface area contributed by atoms with Gasteiger partial charge in [0.15, 0.2) is 0 Å². The number of unbranched alkanes of at least 4 members (excludes halogenated alkanes) is 2. The third-order valence-corrected chi connectivity index (χ3v) is 6.13. The summed E-state index contributed by atoms with van der Waals surface area (Å²) in [4.78, 5) is 26.8. The summed E-state index contributed by atoms with van der Waals surface area (Å²) in [5, 5.41) is 13.0. The monoisotopic (exact) mass is 460 g/mol. The summed E-state index contributed by atoms with van der Waals surface area (Å²) >= 11 is 12.5. The number of rotatable bonds is 8. The number of hydrogen-bond acceptors (Lipinski definition) is 5. The number of anilines is 1. The van der Waals surface area contributed by atoms with Gasteiger partial charge in [0.1, 0.15) is 10.1 Å². The summed E-state index contributed by atoms with van der Waals surface area (Å²) in [7, 11) is 0. The lowest BCUT2D eigenvalue weighted by Gasteiger charge is -2.14. The molecular formula is C22H21ClN2O3S2. The second kappa shape index (κ2) is 10.6. The molecular weight excluding hydrogens is 440 g/mol. The van der Waals surface area contributed by atoms with Crippen molar-refractivity contribution in [1.29, 1.82) is 0 Å². The van der Waals surface area contributed by atoms with E-state index in [1.165, 1.54) is 17.8 Å². The van der Waals surface area contributed by atoms with Crippen LogP contribution >= 0.6 is 35.6 Å². The maximum Gasteiger partial charge on any atom is 0.266 e. The van der Waals surface area contributed by atoms with Crippen molar-refractivity contribution in [2.45, 2.75) is 25.7 Å². The highest BCUT2D eigenvalue weighted by molar-refractivity contribution is 8.26. The first-order chi connectivity index (χ1) is 14.4. The van der Waals surface area contributed by atoms with Gasteiger partial charge in [0.25, 0.3) is 5.91 Å². The van der Waals surface area contributed by atoms with Gasteiger partial charge in [-0.05, 0) is 48.7 Å². The molecule has 2 aromatic rings. The molecule has 0 bridgehead atoms. The van der Waals surface area contributed by atoms with Crippen LogP contribution in [-0.2, 0) is 9.59 Å². The molecule has 5 nitrogen and oxygen atoms in total. The van der Waals surface area contributed by atoms with Crippen molar-refractivity contribution >= 4 is 63.5 Å². The van der Waals surface area contributed by atoms with E-state index in [1.807, 2.05) is 18.2 Å². The number of carbonyl (C=O) groups is 2. The van der Waals surface area contributed by atoms with Crippen LogP contribution in [0.2, 0.25) is 5.02 Å². The van der Waals surface area contributed by atoms with E-state index in [9.17, 15) is 14.7 Å². The number of thiocarbonyl (C=S) groups is 1. The highest BCUT2D eigenvalue weighted by atomic mass is 35.5. The fraction of sp³-hybridized carbons (Fsp3) is 0.227. The number of nitrogens with zero attached hydrogens (tertiary/aromatic N) is 1. The molecule has 2 N–H and O–H groups in total. The van der Waals surface area contributed by atoms with Gasteiger partial charge in [-0.15, -0.1) is 0 Å². The molecule has 30 heavy (non-hydrogen) atoms. The normalized spacial score (nSPS) is 15.1. The minimum Gasteiger partial charge on any atom is -0.506 e. The van der Waals surface area contributed by atoms with Crippen LogP contribution in [0.3, 0.4) is 0 Å². The molecule has 1 fully saturated rings. The van der Waals surface area contributed by atoms with E-state index < -0.39 is 0 Å². The van der Waals surface area contributed by atoms with Crippen LogP contribution in [0.1, 0.15) is 31.2 Å². The van der Waals surface area contributed by atoms with Crippen molar-refractivity contribution in [3.8, 4) is 5.75 Å². The Hall–Kier alpha value is -2.35. The van der Waals surface area contributed by atoms with Crippen LogP contribution in [-0.4, -0.2) is 32.7 Å². The first-order valence-corrected chi connectivity index (χ1v) is 11.1. The van der Waals surface area contributed by atoms with Gasteiger partial charge in [-0.3, -0.25) is 14.5 Å². The molecule has 0 aliphatic carbocycles. The zero-order chi connectivity index (χ0) is 21.5. The largest absolute Gasteiger partial charge is 0.506 e. The quantitative estimate of drug-likeness (QED) is 0.237. The highest BCUT2D eigenvalue weighted by Crippen LogP contribution is 2.33. The average Bonchev–Trinajstić information content (AvgIpc) is 2.98. The van der Waals surface area contributed by atoms with E-state index >= 15 is 0 Å². The van der Waals surface area contributed by atoms with Gasteiger partial charge in [0.05, 0.1) is 10.6 Å². The summed E-state index contributed by atoms with van der Waals surface area (Å²) in [6, 6.07) is 13.9. The number of amides is 2. The van der Waals surface area contributed by atoms with Gasteiger partial charge in [0.2, 0.25) is 5.91 Å². The van der Waals surface area contributed by atoms with E-state index in [1.54, 1.807) is 35.2 Å². The molecule has 1 aliphatic rings. The number of nitrogens with one attached hydrogen (secondary N) is 1. The molecule has 1 saturated heterocycles. The van der Waals surface area contributed by atoms with Gasteiger partial charge < -0.3 is 10.4 Å². The molecule has 1 aliphatic heterocycles. The Morgan fingerprint density at radius 1 is 1.13 bits per heavy atom. The van der Waals surface area contributed by atoms with Crippen molar-refractivity contribution in [1.82, 2.24) is 4.90 Å². The van der Waals surface area contributed by atoms with Crippen molar-refractivity contribution in [2.75, 3.05) is 11.9 Å². The van der Waals surface area contributed by atoms with E-state index in [0.717, 1.165) is 18.4 Å². The lowest BCUT2D eigenvalue weighted by atomic mass is 10.1. The number of aromatic hydroxyl groups is 1. The van der Waals surface area contributed by atoms with Crippen LogP contribution in [0.25, 0.3) is 6.08 Å². The molecule has 0 unspecified atom stereocenters. The van der Waals surface area contributed by atoms with Crippen LogP contribution in [0, 0.1) is 0 Å². The molecule has 3 rings (SSSR count). The van der Waals surface area contributed by atoms with Crippen molar-refractivity contribution in [2.24, 2.45) is 0 Å². The SMILES string of the molecule is O=C(CCCCCN1C(=O)/C(=C/c2ccc(Cl)cc2)SC1=S)Nc1ccccc1O. The predicted molar refractivity (Wildman–Crippen MR) is 127 cm³/mol. The Balaban J connectivity index is 1.42. The maximum atomic E-state index is 12.6. The van der Waals surface area contributed by atoms with Gasteiger partial charge in [-0.2, -0.15) is 0 Å². The molecule has 0 radical (unpaired) electrons. The second-order valence-corrected chi connectivity index (χ2v) is 8.87. The molecule has 0 aromatic heterocycles. The lowest BCUT2D eigenvalue weighted by Crippen LogP contribution is -2.29. The topological polar surface area (TPSA) is 69.6 Å². The van der Waals surface area contributed by atoms with Crippen molar-refractivity contribution in [3.05, 3.63) is 64.0 Å². The number of phenolic OH excluding ortho intramolecular Hbond substituents is 1. The third kappa shape index (κ3) is 6.08. The number of phenols is 1. The average molecular weight is 461 g/mol. The maximum absolute atomic E-state index is 12.6. The number of para-hydroxylation sites is 2. The number of hydrogen-bond donors (Lipinski definition) is 2. The smallest absolute Gasteiger partial charge is 0.266 e. The summed E-state index contributed by atoms with van der Waals surface area (Å²) in [5.41, 5.74) is 1.31. The Morgan fingerprint density at radius 2 is 1.87 bits per heavy atom. The van der Waals surface area contributed by atoms with E-state index in [-0.39, 0.29) is 17.6 Å². The Kier molecular flexibility index (Phi) is 7.90. The zero-order valence-corrected chi connectivity index (χ0v) is 18.5. The minimum absolute atomic E-state index is 0.0480. The van der Waals surface area contributed by atoms with Crippen molar-refractivity contribution < 1.29 is 14.7 Å². The van der Waals surface area contributed by atoms with Crippen LogP contribution in [0.5, 0.6) is 5.75 Å². The number of carbonyl (C=O) groups excluding carboxylic acids is 2. The standard InChI is InChI=1S/C22H21ClN2O3S2/c23-16-11-9-15(10-12-16)14-19-21(28)25(22(29)30-19)13-5-1-2-8-20(27)24-17-6-3-4-7-18(17)26/h3-4,6-7,9-12,14,26H,1-2,5,8,13H2,(H,24,27)/b19-14-. The lowest BCUT2D eigenvalue weighted by molar-refractivity contribution is -0.122. The second-order valence-electron chi connectivity index (χ2n) is 6.76. The van der Waals surface area contributed by atoms with E-state index in [2.05, 4.69) is 5.32 Å². The molecule has 0 atom stereocenters. The molecule has 0 spiro atoms. The minimum atomic E-state index is -0.145. The van der Waals surface area contributed by atoms with Gasteiger partial charge in [-0.25, -0.2) is 0 Å². The number of benzene rings is 2. The molecule has 156 valence electrons. The highest BCUT2D eigenvalue weighted by Gasteiger charge is 2.31. The summed E-state index contributed by atoms with van der Waals surface area (Å²) in [5.74, 6) is -0.183. The van der Waals surface area contributed by atoms with Gasteiger partial charge in [-0.1, -0.05) is 66.3 Å². The number of halogens is 1. The summed E-state index contributed by atoms with van der Waals surface area (Å²) in [6.45, 7) is 0.531. The summed E-state index contributed by atoms with van der Waals surface area (Å²) < 4.78 is 0.553. The van der Waals surface area contributed by atoms with Crippen LogP contribution in [0.15, 0.2) is 53.4 Å². The van der Waals surface area contributed by atoms with Crippen molar-refractivity contribution in [3.63, 3.8) is 0 Å². The first kappa shape index (κ1) is 22.3. The third-order valence-electron chi connectivity index (χ3n) is 4.51. The molecule has 8 heteroatoms. The van der Waals surface area contributed by atoms with Crippen LogP contribution < -0.4 is 5.32 Å². The van der Waals surface area contributed by atoms with E-state index in [0.29, 0.717) is 39.3 Å². The molecule has 1 heterocycles. The van der Waals surface area contributed by atoms with Gasteiger partial charge in [0, 0.05) is 18.0 Å². The Bertz CT molecular complexity index is 977. The first-order valence-electron chi connectivity index (χ1n) is 9.53. The van der Waals surface area contributed by atoms with Gasteiger partial charge >= 0.3 is 0 Å². The Morgan fingerprint density at radius 3 is 2.60 bits per heavy atom. The summed E-state index contributed by atoms with van der Waals surface area (Å²) in [6.07, 6.45) is 4.41. The van der Waals surface area contributed by atoms with E-state index in [4.69, 9.17) is 23.8 Å². The fourth-order valence-electron chi connectivity index (χ4n) is 2.93. The molecule has 0 saturated carbocycles. The van der Waals surface area contributed by atoms with Crippen LogP contribution in [0.4, 0.5) is 5.69 Å². The zero-order valence-electron chi connectivity index (χ0n) is 16.1. The fourth-order valence-corrected chi connectivity index (χ4v) is 4.36. The Labute approximate surface area is 190 Å². The number of thioether (sulfide) groups is 1.